The Morgan fingerprint density at radius 1 is 1.12 bits per heavy atom. The zero-order chi connectivity index (χ0) is 17.1. The number of benzene rings is 1. The molecule has 2 saturated carbocycles. The van der Waals surface area contributed by atoms with Crippen molar-refractivity contribution in [3.8, 4) is 0 Å². The largest absolute Gasteiger partial charge is 0.424 e. The van der Waals surface area contributed by atoms with Crippen LogP contribution in [0.15, 0.2) is 34.7 Å². The summed E-state index contributed by atoms with van der Waals surface area (Å²) in [5.74, 6) is 1.91. The summed E-state index contributed by atoms with van der Waals surface area (Å²) in [5.41, 5.74) is 1.11. The van der Waals surface area contributed by atoms with Crippen LogP contribution in [0.4, 0.5) is 0 Å². The lowest BCUT2D eigenvalue weighted by Gasteiger charge is -2.43. The summed E-state index contributed by atoms with van der Waals surface area (Å²) >= 11 is 0. The molecule has 0 saturated heterocycles. The molecule has 0 spiro atoms. The van der Waals surface area contributed by atoms with Gasteiger partial charge in [-0.1, -0.05) is 49.6 Å². The van der Waals surface area contributed by atoms with Crippen LogP contribution in [0.3, 0.4) is 0 Å². The first kappa shape index (κ1) is 16.7. The smallest absolute Gasteiger partial charge is 0.230 e. The third-order valence-corrected chi connectivity index (χ3v) is 5.78. The molecule has 4 rings (SSSR count). The molecule has 2 aliphatic rings. The number of aromatic nitrogens is 2. The second kappa shape index (κ2) is 7.26. The highest BCUT2D eigenvalue weighted by molar-refractivity contribution is 5.22. The Hall–Kier alpha value is -1.72. The highest BCUT2D eigenvalue weighted by Crippen LogP contribution is 2.46. The molecule has 1 aromatic carbocycles. The molecular weight excluding hydrogens is 314 g/mol. The minimum Gasteiger partial charge on any atom is -0.424 e. The van der Waals surface area contributed by atoms with Gasteiger partial charge in [0.1, 0.15) is 0 Å². The van der Waals surface area contributed by atoms with E-state index in [-0.39, 0.29) is 18.1 Å². The fourth-order valence-corrected chi connectivity index (χ4v) is 4.15. The predicted octanol–water partition coefficient (Wildman–Crippen LogP) is 3.72. The van der Waals surface area contributed by atoms with Crippen LogP contribution in [0.25, 0.3) is 0 Å². The van der Waals surface area contributed by atoms with Crippen LogP contribution in [-0.4, -0.2) is 21.9 Å². The van der Waals surface area contributed by atoms with Gasteiger partial charge in [0.2, 0.25) is 11.8 Å². The molecule has 1 unspecified atom stereocenters. The van der Waals surface area contributed by atoms with Gasteiger partial charge in [-0.05, 0) is 31.2 Å². The minimum absolute atomic E-state index is 0.0928. The second-order valence-corrected chi connectivity index (χ2v) is 7.61. The van der Waals surface area contributed by atoms with Gasteiger partial charge in [-0.3, -0.25) is 0 Å². The maximum absolute atomic E-state index is 10.3. The average Bonchev–Trinajstić information content (AvgIpc) is 3.42. The van der Waals surface area contributed by atoms with Crippen LogP contribution in [0, 0.1) is 5.41 Å². The fraction of sp³-hybridized carbons (Fsp3) is 0.600. The van der Waals surface area contributed by atoms with E-state index >= 15 is 0 Å². The molecule has 0 amide bonds. The standard InChI is InChI=1S/C20H27N3O2/c24-14-20(11-5-2-6-12-20)18(15-7-3-1-4-8-15)21-13-17-22-23-19(25-17)16-9-10-16/h1,3-4,7-8,16,18,21,24H,2,5-6,9-14H2. The monoisotopic (exact) mass is 341 g/mol. The van der Waals surface area contributed by atoms with Crippen molar-refractivity contribution in [2.75, 3.05) is 6.61 Å². The molecule has 0 bridgehead atoms. The van der Waals surface area contributed by atoms with E-state index in [9.17, 15) is 5.11 Å². The summed E-state index contributed by atoms with van der Waals surface area (Å²) in [6.07, 6.45) is 8.04. The van der Waals surface area contributed by atoms with Gasteiger partial charge >= 0.3 is 0 Å². The van der Waals surface area contributed by atoms with Gasteiger partial charge in [-0.25, -0.2) is 0 Å². The van der Waals surface area contributed by atoms with Gasteiger partial charge in [0.25, 0.3) is 0 Å². The van der Waals surface area contributed by atoms with E-state index in [1.54, 1.807) is 0 Å². The summed E-state index contributed by atoms with van der Waals surface area (Å²) < 4.78 is 5.80. The maximum atomic E-state index is 10.3. The first-order valence-electron chi connectivity index (χ1n) is 9.52. The number of hydrogen-bond donors (Lipinski definition) is 2. The lowest BCUT2D eigenvalue weighted by atomic mass is 9.67. The fourth-order valence-electron chi connectivity index (χ4n) is 4.15. The summed E-state index contributed by atoms with van der Waals surface area (Å²) in [5, 5.41) is 22.3. The molecule has 25 heavy (non-hydrogen) atoms. The van der Waals surface area contributed by atoms with Crippen molar-refractivity contribution in [3.63, 3.8) is 0 Å². The van der Waals surface area contributed by atoms with Gasteiger partial charge in [0.05, 0.1) is 13.2 Å². The van der Waals surface area contributed by atoms with E-state index in [1.165, 1.54) is 24.8 Å². The van der Waals surface area contributed by atoms with E-state index in [1.807, 2.05) is 6.07 Å². The van der Waals surface area contributed by atoms with E-state index in [2.05, 4.69) is 39.8 Å². The first-order chi connectivity index (χ1) is 12.3. The van der Waals surface area contributed by atoms with Gasteiger partial charge in [-0.15, -0.1) is 10.2 Å². The molecule has 1 heterocycles. The molecule has 2 aromatic rings. The van der Waals surface area contributed by atoms with E-state index in [4.69, 9.17) is 4.42 Å². The quantitative estimate of drug-likeness (QED) is 0.803. The van der Waals surface area contributed by atoms with Crippen molar-refractivity contribution in [3.05, 3.63) is 47.7 Å². The van der Waals surface area contributed by atoms with Gasteiger partial charge in [-0.2, -0.15) is 0 Å². The third kappa shape index (κ3) is 3.62. The zero-order valence-corrected chi connectivity index (χ0v) is 14.7. The maximum Gasteiger partial charge on any atom is 0.230 e. The van der Waals surface area contributed by atoms with Crippen LogP contribution in [0.5, 0.6) is 0 Å². The minimum atomic E-state index is -0.112. The molecule has 5 nitrogen and oxygen atoms in total. The van der Waals surface area contributed by atoms with Crippen molar-refractivity contribution >= 4 is 0 Å². The van der Waals surface area contributed by atoms with E-state index in [0.29, 0.717) is 18.4 Å². The van der Waals surface area contributed by atoms with Gasteiger partial charge in [0.15, 0.2) is 0 Å². The lowest BCUT2D eigenvalue weighted by molar-refractivity contribution is 0.0401. The molecule has 2 fully saturated rings. The Kier molecular flexibility index (Phi) is 4.86. The Balaban J connectivity index is 1.54. The summed E-state index contributed by atoms with van der Waals surface area (Å²) in [6.45, 7) is 0.748. The van der Waals surface area contributed by atoms with Crippen LogP contribution in [0.1, 0.15) is 74.3 Å². The van der Waals surface area contributed by atoms with Crippen molar-refractivity contribution < 1.29 is 9.52 Å². The summed E-state index contributed by atoms with van der Waals surface area (Å²) in [7, 11) is 0. The molecule has 134 valence electrons. The summed E-state index contributed by atoms with van der Waals surface area (Å²) in [4.78, 5) is 0. The molecule has 5 heteroatoms. The Morgan fingerprint density at radius 3 is 2.56 bits per heavy atom. The van der Waals surface area contributed by atoms with Gasteiger partial charge < -0.3 is 14.8 Å². The topological polar surface area (TPSA) is 71.2 Å². The van der Waals surface area contributed by atoms with Crippen LogP contribution >= 0.6 is 0 Å². The molecule has 0 radical (unpaired) electrons. The second-order valence-electron chi connectivity index (χ2n) is 7.61. The Labute approximate surface area is 148 Å². The molecule has 2 aliphatic carbocycles. The van der Waals surface area contributed by atoms with Crippen molar-refractivity contribution in [1.82, 2.24) is 15.5 Å². The number of hydrogen-bond acceptors (Lipinski definition) is 5. The Morgan fingerprint density at radius 2 is 1.88 bits per heavy atom. The highest BCUT2D eigenvalue weighted by atomic mass is 16.4. The molecule has 1 aromatic heterocycles. The molecule has 1 atom stereocenters. The highest BCUT2D eigenvalue weighted by Gasteiger charge is 2.40. The number of aliphatic hydroxyl groups is 1. The van der Waals surface area contributed by atoms with Crippen molar-refractivity contribution in [2.24, 2.45) is 5.41 Å². The Bertz CT molecular complexity index is 675. The first-order valence-corrected chi connectivity index (χ1v) is 9.52. The van der Waals surface area contributed by atoms with Crippen molar-refractivity contribution in [2.45, 2.75) is 63.5 Å². The predicted molar refractivity (Wildman–Crippen MR) is 94.9 cm³/mol. The third-order valence-electron chi connectivity index (χ3n) is 5.78. The SMILES string of the molecule is OCC1(C(NCc2nnc(C3CC3)o2)c2ccccc2)CCCCC1. The van der Waals surface area contributed by atoms with E-state index in [0.717, 1.165) is 31.6 Å². The summed E-state index contributed by atoms with van der Waals surface area (Å²) in [6, 6.07) is 10.6. The average molecular weight is 341 g/mol. The van der Waals surface area contributed by atoms with Gasteiger partial charge in [0, 0.05) is 17.4 Å². The van der Waals surface area contributed by atoms with Crippen LogP contribution < -0.4 is 5.32 Å². The molecular formula is C20H27N3O2. The zero-order valence-electron chi connectivity index (χ0n) is 14.7. The van der Waals surface area contributed by atoms with E-state index < -0.39 is 0 Å². The molecule has 0 aliphatic heterocycles. The lowest BCUT2D eigenvalue weighted by Crippen LogP contribution is -2.42. The molecule has 2 N–H and O–H groups in total. The number of nitrogens with zero attached hydrogens (tertiary/aromatic N) is 2. The van der Waals surface area contributed by atoms with Crippen LogP contribution in [-0.2, 0) is 6.54 Å². The number of aliphatic hydroxyl groups excluding tert-OH is 1. The van der Waals surface area contributed by atoms with Crippen molar-refractivity contribution in [1.29, 1.82) is 0 Å². The number of nitrogens with one attached hydrogen (secondary N) is 1. The number of rotatable bonds is 7. The normalized spacial score (nSPS) is 21.2. The van der Waals surface area contributed by atoms with Crippen LogP contribution in [0.2, 0.25) is 0 Å².